The van der Waals surface area contributed by atoms with Crippen LogP contribution in [0.1, 0.15) is 68.8 Å². The lowest BCUT2D eigenvalue weighted by Gasteiger charge is -2.21. The molecule has 0 radical (unpaired) electrons. The number of halogens is 1. The molecule has 5 nitrogen and oxygen atoms in total. The van der Waals surface area contributed by atoms with Gasteiger partial charge in [-0.05, 0) is 91.3 Å². The maximum Gasteiger partial charge on any atom is 0.335 e. The maximum atomic E-state index is 13.6. The highest BCUT2D eigenvalue weighted by atomic mass is 35.5. The summed E-state index contributed by atoms with van der Waals surface area (Å²) in [7, 11) is 0. The summed E-state index contributed by atoms with van der Waals surface area (Å²) in [5, 5.41) is 14.1. The zero-order valence-electron chi connectivity index (χ0n) is 19.6. The van der Waals surface area contributed by atoms with Gasteiger partial charge in [-0.1, -0.05) is 35.9 Å². The van der Waals surface area contributed by atoms with E-state index in [0.29, 0.717) is 17.1 Å². The Labute approximate surface area is 209 Å². The van der Waals surface area contributed by atoms with Crippen molar-refractivity contribution in [3.8, 4) is 0 Å². The molecule has 0 saturated carbocycles. The zero-order chi connectivity index (χ0) is 24.5. The fraction of sp³-hybridized carbons (Fsp3) is 0.241. The Morgan fingerprint density at radius 1 is 1.03 bits per heavy atom. The van der Waals surface area contributed by atoms with Crippen molar-refractivity contribution < 1.29 is 14.7 Å². The number of carbonyl (C=O) groups excluding carboxylic acids is 1. The van der Waals surface area contributed by atoms with Crippen molar-refractivity contribution in [3.63, 3.8) is 0 Å². The topological polar surface area (TPSA) is 71.3 Å². The molecule has 0 spiro atoms. The Balaban J connectivity index is 1.51. The summed E-state index contributed by atoms with van der Waals surface area (Å²) in [6, 6.07) is 18.4. The minimum atomic E-state index is -0.967. The van der Waals surface area contributed by atoms with Gasteiger partial charge in [0.15, 0.2) is 0 Å². The molecule has 1 aromatic heterocycles. The second-order valence-electron chi connectivity index (χ2n) is 9.22. The summed E-state index contributed by atoms with van der Waals surface area (Å²) < 4.78 is 2.15. The highest BCUT2D eigenvalue weighted by Crippen LogP contribution is 2.33. The number of carboxylic acids is 1. The van der Waals surface area contributed by atoms with Crippen molar-refractivity contribution in [1.82, 2.24) is 9.88 Å². The van der Waals surface area contributed by atoms with E-state index in [1.165, 1.54) is 17.5 Å². The van der Waals surface area contributed by atoms with Gasteiger partial charge in [0.2, 0.25) is 0 Å². The molecule has 0 saturated heterocycles. The number of aromatic carboxylic acids is 1. The SMILES string of the molecule is C[C@H](NC(=O)c1cc2c(c3ccn(Cc4ccc(Cl)cc4)c13)CCCC2)c1ccc(C(=O)O)cc1. The monoisotopic (exact) mass is 486 g/mol. The summed E-state index contributed by atoms with van der Waals surface area (Å²) in [5.41, 5.74) is 6.44. The first-order valence-electron chi connectivity index (χ1n) is 11.9. The number of nitrogens with one attached hydrogen (secondary N) is 1. The quantitative estimate of drug-likeness (QED) is 0.330. The van der Waals surface area contributed by atoms with Crippen LogP contribution >= 0.6 is 11.6 Å². The summed E-state index contributed by atoms with van der Waals surface area (Å²) >= 11 is 6.07. The van der Waals surface area contributed by atoms with Crippen LogP contribution in [-0.2, 0) is 19.4 Å². The van der Waals surface area contributed by atoms with E-state index >= 15 is 0 Å². The van der Waals surface area contributed by atoms with Crippen molar-refractivity contribution >= 4 is 34.4 Å². The molecule has 0 unspecified atom stereocenters. The average Bonchev–Trinajstić information content (AvgIpc) is 3.28. The van der Waals surface area contributed by atoms with Crippen LogP contribution in [0, 0.1) is 0 Å². The first-order chi connectivity index (χ1) is 16.9. The van der Waals surface area contributed by atoms with Gasteiger partial charge in [0.25, 0.3) is 5.91 Å². The largest absolute Gasteiger partial charge is 0.478 e. The van der Waals surface area contributed by atoms with Crippen LogP contribution in [-0.4, -0.2) is 21.6 Å². The molecule has 0 aliphatic heterocycles. The van der Waals surface area contributed by atoms with Gasteiger partial charge in [0.1, 0.15) is 0 Å². The Kier molecular flexibility index (Phi) is 6.35. The van der Waals surface area contributed by atoms with E-state index in [1.807, 2.05) is 31.2 Å². The smallest absolute Gasteiger partial charge is 0.335 e. The third-order valence-electron chi connectivity index (χ3n) is 6.89. The van der Waals surface area contributed by atoms with Gasteiger partial charge in [-0.2, -0.15) is 0 Å². The third-order valence-corrected chi connectivity index (χ3v) is 7.14. The number of amides is 1. The van der Waals surface area contributed by atoms with Gasteiger partial charge < -0.3 is 15.0 Å². The van der Waals surface area contributed by atoms with Gasteiger partial charge in [-0.25, -0.2) is 4.79 Å². The van der Waals surface area contributed by atoms with Crippen LogP contribution in [0.3, 0.4) is 0 Å². The molecular weight excluding hydrogens is 460 g/mol. The molecule has 0 fully saturated rings. The van der Waals surface area contributed by atoms with Gasteiger partial charge in [-0.15, -0.1) is 0 Å². The van der Waals surface area contributed by atoms with E-state index in [2.05, 4.69) is 28.2 Å². The van der Waals surface area contributed by atoms with Crippen molar-refractivity contribution in [3.05, 3.63) is 105 Å². The van der Waals surface area contributed by atoms with E-state index < -0.39 is 5.97 Å². The van der Waals surface area contributed by atoms with Crippen LogP contribution in [0.4, 0.5) is 0 Å². The number of carbonyl (C=O) groups is 2. The van der Waals surface area contributed by atoms with Crippen molar-refractivity contribution in [2.24, 2.45) is 0 Å². The molecule has 35 heavy (non-hydrogen) atoms. The lowest BCUT2D eigenvalue weighted by atomic mass is 9.87. The summed E-state index contributed by atoms with van der Waals surface area (Å²) in [6.07, 6.45) is 6.39. The molecule has 5 rings (SSSR count). The van der Waals surface area contributed by atoms with Crippen molar-refractivity contribution in [1.29, 1.82) is 0 Å². The van der Waals surface area contributed by atoms with Gasteiger partial charge >= 0.3 is 5.97 Å². The van der Waals surface area contributed by atoms with Gasteiger partial charge in [-0.3, -0.25) is 4.79 Å². The van der Waals surface area contributed by atoms with Crippen LogP contribution < -0.4 is 5.32 Å². The Hall–Kier alpha value is -3.57. The number of aryl methyl sites for hydroxylation is 2. The summed E-state index contributed by atoms with van der Waals surface area (Å²) in [6.45, 7) is 2.56. The maximum absolute atomic E-state index is 13.6. The van der Waals surface area contributed by atoms with E-state index in [1.54, 1.807) is 24.3 Å². The van der Waals surface area contributed by atoms with E-state index in [0.717, 1.165) is 41.3 Å². The molecule has 4 aromatic rings. The molecule has 1 amide bonds. The number of benzene rings is 3. The van der Waals surface area contributed by atoms with Crippen molar-refractivity contribution in [2.45, 2.75) is 45.2 Å². The minimum absolute atomic E-state index is 0.130. The first-order valence-corrected chi connectivity index (χ1v) is 12.3. The highest BCUT2D eigenvalue weighted by Gasteiger charge is 2.23. The first kappa shape index (κ1) is 23.2. The van der Waals surface area contributed by atoms with Crippen LogP contribution in [0.15, 0.2) is 66.9 Å². The molecule has 1 aliphatic carbocycles. The summed E-state index contributed by atoms with van der Waals surface area (Å²) in [5.74, 6) is -1.10. The van der Waals surface area contributed by atoms with Crippen LogP contribution in [0.5, 0.6) is 0 Å². The Morgan fingerprint density at radius 3 is 2.46 bits per heavy atom. The van der Waals surface area contributed by atoms with Crippen LogP contribution in [0.2, 0.25) is 5.02 Å². The Bertz CT molecular complexity index is 1400. The molecule has 3 aromatic carbocycles. The zero-order valence-corrected chi connectivity index (χ0v) is 20.3. The number of nitrogens with zero attached hydrogens (tertiary/aromatic N) is 1. The lowest BCUT2D eigenvalue weighted by Crippen LogP contribution is -2.27. The number of rotatable bonds is 6. The molecule has 0 bridgehead atoms. The molecular formula is C29H27ClN2O3. The molecule has 6 heteroatoms. The second kappa shape index (κ2) is 9.59. The van der Waals surface area contributed by atoms with Gasteiger partial charge in [0.05, 0.1) is 22.7 Å². The van der Waals surface area contributed by atoms with Crippen LogP contribution in [0.25, 0.3) is 10.9 Å². The van der Waals surface area contributed by atoms with E-state index in [-0.39, 0.29) is 17.5 Å². The fourth-order valence-corrected chi connectivity index (χ4v) is 5.14. The van der Waals surface area contributed by atoms with Crippen molar-refractivity contribution in [2.75, 3.05) is 0 Å². The third kappa shape index (κ3) is 4.69. The molecule has 178 valence electrons. The predicted molar refractivity (Wildman–Crippen MR) is 138 cm³/mol. The molecule has 1 atom stereocenters. The number of fused-ring (bicyclic) bond motifs is 3. The number of hydrogen-bond acceptors (Lipinski definition) is 2. The van der Waals surface area contributed by atoms with Gasteiger partial charge in [0, 0.05) is 23.2 Å². The number of carboxylic acid groups (broad SMARTS) is 1. The second-order valence-corrected chi connectivity index (χ2v) is 9.66. The lowest BCUT2D eigenvalue weighted by molar-refractivity contribution is 0.0696. The standard InChI is InChI=1S/C29H27ClN2O3/c1-18(20-8-10-21(11-9-20)29(34)35)31-28(33)26-16-22-4-2-3-5-24(22)25-14-15-32(27(25)26)17-19-6-12-23(30)13-7-19/h6-16,18H,2-5,17H2,1H3,(H,31,33)(H,34,35)/t18-/m0/s1. The molecule has 1 aliphatic rings. The minimum Gasteiger partial charge on any atom is -0.478 e. The fourth-order valence-electron chi connectivity index (χ4n) is 5.02. The number of aromatic nitrogens is 1. The van der Waals surface area contributed by atoms with E-state index in [4.69, 9.17) is 16.7 Å². The predicted octanol–water partition coefficient (Wildman–Crippen LogP) is 6.41. The molecule has 2 N–H and O–H groups in total. The highest BCUT2D eigenvalue weighted by molar-refractivity contribution is 6.30. The molecule has 1 heterocycles. The average molecular weight is 487 g/mol. The van der Waals surface area contributed by atoms with E-state index in [9.17, 15) is 9.59 Å². The Morgan fingerprint density at radius 2 is 1.74 bits per heavy atom. The normalized spacial score (nSPS) is 13.9. The summed E-state index contributed by atoms with van der Waals surface area (Å²) in [4.78, 5) is 24.8. The number of hydrogen-bond donors (Lipinski definition) is 2.